The number of benzene rings is 1. The number of rotatable bonds is 5. The molecular weight excluding hydrogens is 214 g/mol. The Hall–Kier alpha value is -1.55. The molecule has 1 fully saturated rings. The fraction of sp³-hybridized carbons (Fsp3) is 0.462. The van der Waals surface area contributed by atoms with Crippen LogP contribution in [0.4, 0.5) is 5.69 Å². The number of nitrogens with one attached hydrogen (secondary N) is 1. The topological polar surface area (TPSA) is 73.3 Å². The molecule has 4 N–H and O–H groups in total. The van der Waals surface area contributed by atoms with Crippen LogP contribution in [0.1, 0.15) is 24.0 Å². The number of amidine groups is 1. The standard InChI is InChI=1S/C13H19N3O/c1-9-2-5-11(13(14)15)12(8-9)16(6-7-17)10-3-4-10/h2,5,8,10,17H,3-4,6-7H2,1H3,(H3,14,15). The molecule has 1 aliphatic rings. The molecule has 1 aliphatic carbocycles. The Morgan fingerprint density at radius 1 is 1.53 bits per heavy atom. The van der Waals surface area contributed by atoms with Crippen LogP contribution in [0.5, 0.6) is 0 Å². The zero-order valence-electron chi connectivity index (χ0n) is 10.1. The van der Waals surface area contributed by atoms with Crippen LogP contribution in [-0.2, 0) is 0 Å². The predicted octanol–water partition coefficient (Wildman–Crippen LogP) is 1.24. The lowest BCUT2D eigenvalue weighted by Crippen LogP contribution is -2.31. The highest BCUT2D eigenvalue weighted by atomic mass is 16.3. The molecule has 0 saturated heterocycles. The van der Waals surface area contributed by atoms with Gasteiger partial charge in [-0.2, -0.15) is 0 Å². The smallest absolute Gasteiger partial charge is 0.124 e. The van der Waals surface area contributed by atoms with Crippen molar-refractivity contribution in [2.45, 2.75) is 25.8 Å². The Balaban J connectivity index is 2.39. The van der Waals surface area contributed by atoms with Crippen LogP contribution < -0.4 is 10.6 Å². The van der Waals surface area contributed by atoms with Crippen LogP contribution in [0.2, 0.25) is 0 Å². The van der Waals surface area contributed by atoms with Gasteiger partial charge in [-0.3, -0.25) is 5.41 Å². The molecule has 0 spiro atoms. The van der Waals surface area contributed by atoms with Gasteiger partial charge in [-0.1, -0.05) is 6.07 Å². The first-order chi connectivity index (χ1) is 8.13. The molecule has 17 heavy (non-hydrogen) atoms. The van der Waals surface area contributed by atoms with Crippen LogP contribution in [0.15, 0.2) is 18.2 Å². The highest BCUT2D eigenvalue weighted by Gasteiger charge is 2.30. The van der Waals surface area contributed by atoms with Gasteiger partial charge in [0, 0.05) is 23.8 Å². The van der Waals surface area contributed by atoms with E-state index < -0.39 is 0 Å². The molecule has 2 rings (SSSR count). The first kappa shape index (κ1) is 11.9. The van der Waals surface area contributed by atoms with Gasteiger partial charge in [-0.05, 0) is 37.5 Å². The molecule has 0 atom stereocenters. The summed E-state index contributed by atoms with van der Waals surface area (Å²) in [6.45, 7) is 2.76. The molecule has 4 nitrogen and oxygen atoms in total. The largest absolute Gasteiger partial charge is 0.395 e. The van der Waals surface area contributed by atoms with Crippen LogP contribution in [-0.4, -0.2) is 30.1 Å². The van der Waals surface area contributed by atoms with Crippen LogP contribution >= 0.6 is 0 Å². The first-order valence-corrected chi connectivity index (χ1v) is 5.96. The zero-order chi connectivity index (χ0) is 12.4. The molecule has 0 unspecified atom stereocenters. The molecule has 0 radical (unpaired) electrons. The van der Waals surface area contributed by atoms with Crippen LogP contribution in [0, 0.1) is 12.3 Å². The van der Waals surface area contributed by atoms with Crippen LogP contribution in [0.25, 0.3) is 0 Å². The van der Waals surface area contributed by atoms with Gasteiger partial charge in [-0.15, -0.1) is 0 Å². The van der Waals surface area contributed by atoms with E-state index in [1.807, 2.05) is 25.1 Å². The quantitative estimate of drug-likeness (QED) is 0.529. The Bertz CT molecular complexity index is 427. The van der Waals surface area contributed by atoms with Crippen molar-refractivity contribution in [2.75, 3.05) is 18.1 Å². The van der Waals surface area contributed by atoms with E-state index in [0.717, 1.165) is 29.7 Å². The molecule has 0 heterocycles. The monoisotopic (exact) mass is 233 g/mol. The normalized spacial score (nSPS) is 14.7. The van der Waals surface area contributed by atoms with Crippen molar-refractivity contribution in [3.63, 3.8) is 0 Å². The zero-order valence-corrected chi connectivity index (χ0v) is 10.1. The third-order valence-corrected chi connectivity index (χ3v) is 3.08. The van der Waals surface area contributed by atoms with Crippen molar-refractivity contribution in [3.05, 3.63) is 29.3 Å². The fourth-order valence-electron chi connectivity index (χ4n) is 2.10. The average Bonchev–Trinajstić information content (AvgIpc) is 3.09. The van der Waals surface area contributed by atoms with Crippen molar-refractivity contribution in [1.82, 2.24) is 0 Å². The van der Waals surface area contributed by atoms with E-state index in [1.165, 1.54) is 0 Å². The summed E-state index contributed by atoms with van der Waals surface area (Å²) < 4.78 is 0. The second-order valence-electron chi connectivity index (χ2n) is 4.58. The number of anilines is 1. The average molecular weight is 233 g/mol. The van der Waals surface area contributed by atoms with E-state index in [0.29, 0.717) is 12.6 Å². The fourth-order valence-corrected chi connectivity index (χ4v) is 2.10. The molecular formula is C13H19N3O. The van der Waals surface area contributed by atoms with Crippen molar-refractivity contribution >= 4 is 11.5 Å². The number of aryl methyl sites for hydroxylation is 1. The maximum Gasteiger partial charge on any atom is 0.124 e. The van der Waals surface area contributed by atoms with Crippen molar-refractivity contribution in [2.24, 2.45) is 5.73 Å². The summed E-state index contributed by atoms with van der Waals surface area (Å²) in [4.78, 5) is 2.17. The van der Waals surface area contributed by atoms with E-state index in [-0.39, 0.29) is 12.4 Å². The summed E-state index contributed by atoms with van der Waals surface area (Å²) in [7, 11) is 0. The van der Waals surface area contributed by atoms with Crippen molar-refractivity contribution in [3.8, 4) is 0 Å². The number of hydrogen-bond donors (Lipinski definition) is 3. The summed E-state index contributed by atoms with van der Waals surface area (Å²) in [5.41, 5.74) is 8.50. The van der Waals surface area contributed by atoms with Gasteiger partial charge in [0.25, 0.3) is 0 Å². The van der Waals surface area contributed by atoms with E-state index >= 15 is 0 Å². The summed E-state index contributed by atoms with van der Waals surface area (Å²) in [5.74, 6) is 0.0867. The van der Waals surface area contributed by atoms with Crippen molar-refractivity contribution < 1.29 is 5.11 Å². The predicted molar refractivity (Wildman–Crippen MR) is 69.6 cm³/mol. The lowest BCUT2D eigenvalue weighted by atomic mass is 10.1. The molecule has 1 aromatic rings. The van der Waals surface area contributed by atoms with Gasteiger partial charge in [0.05, 0.1) is 6.61 Å². The van der Waals surface area contributed by atoms with Gasteiger partial charge < -0.3 is 15.7 Å². The van der Waals surface area contributed by atoms with Gasteiger partial charge in [0.1, 0.15) is 5.84 Å². The lowest BCUT2D eigenvalue weighted by Gasteiger charge is -2.26. The number of hydrogen-bond acceptors (Lipinski definition) is 3. The highest BCUT2D eigenvalue weighted by Crippen LogP contribution is 2.33. The number of nitrogen functional groups attached to an aromatic ring is 1. The van der Waals surface area contributed by atoms with E-state index in [4.69, 9.17) is 16.2 Å². The Kier molecular flexibility index (Phi) is 3.33. The first-order valence-electron chi connectivity index (χ1n) is 5.96. The highest BCUT2D eigenvalue weighted by molar-refractivity contribution is 6.00. The summed E-state index contributed by atoms with van der Waals surface area (Å²) in [6.07, 6.45) is 2.32. The summed E-state index contributed by atoms with van der Waals surface area (Å²) >= 11 is 0. The molecule has 0 aromatic heterocycles. The molecule has 1 aromatic carbocycles. The number of aliphatic hydroxyl groups excluding tert-OH is 1. The second kappa shape index (κ2) is 4.75. The Morgan fingerprint density at radius 3 is 2.76 bits per heavy atom. The molecule has 0 amide bonds. The van der Waals surface area contributed by atoms with E-state index in [9.17, 15) is 0 Å². The summed E-state index contributed by atoms with van der Waals surface area (Å²) in [6, 6.07) is 6.40. The molecule has 92 valence electrons. The minimum Gasteiger partial charge on any atom is -0.395 e. The molecule has 0 bridgehead atoms. The Morgan fingerprint density at radius 2 is 2.24 bits per heavy atom. The molecule has 0 aliphatic heterocycles. The maximum absolute atomic E-state index is 9.15. The number of aliphatic hydroxyl groups is 1. The van der Waals surface area contributed by atoms with E-state index in [1.54, 1.807) is 0 Å². The summed E-state index contributed by atoms with van der Waals surface area (Å²) in [5, 5.41) is 16.8. The number of nitrogens with zero attached hydrogens (tertiary/aromatic N) is 1. The molecule has 4 heteroatoms. The molecule has 1 saturated carbocycles. The second-order valence-corrected chi connectivity index (χ2v) is 4.58. The van der Waals surface area contributed by atoms with E-state index in [2.05, 4.69) is 4.90 Å². The third-order valence-electron chi connectivity index (χ3n) is 3.08. The SMILES string of the molecule is Cc1ccc(C(=N)N)c(N(CCO)C2CC2)c1. The van der Waals surface area contributed by atoms with Crippen molar-refractivity contribution in [1.29, 1.82) is 5.41 Å². The minimum atomic E-state index is 0.0867. The Labute approximate surface area is 102 Å². The van der Waals surface area contributed by atoms with Crippen LogP contribution in [0.3, 0.4) is 0 Å². The van der Waals surface area contributed by atoms with Gasteiger partial charge in [0.2, 0.25) is 0 Å². The third kappa shape index (κ3) is 2.58. The van der Waals surface area contributed by atoms with Gasteiger partial charge in [-0.25, -0.2) is 0 Å². The lowest BCUT2D eigenvalue weighted by molar-refractivity contribution is 0.301. The number of nitrogens with two attached hydrogens (primary N) is 1. The minimum absolute atomic E-state index is 0.0867. The van der Waals surface area contributed by atoms with Gasteiger partial charge in [0.15, 0.2) is 0 Å². The van der Waals surface area contributed by atoms with Gasteiger partial charge >= 0.3 is 0 Å². The maximum atomic E-state index is 9.15.